The Hall–Kier alpha value is -1.93. The van der Waals surface area contributed by atoms with Gasteiger partial charge < -0.3 is 5.32 Å². The number of hydrogen-bond donors (Lipinski definition) is 1. The van der Waals surface area contributed by atoms with E-state index in [0.717, 1.165) is 11.3 Å². The molecule has 1 aromatic carbocycles. The Balaban J connectivity index is 2.86. The van der Waals surface area contributed by atoms with Crippen LogP contribution in [-0.2, 0) is 0 Å². The highest BCUT2D eigenvalue weighted by molar-refractivity contribution is 5.57. The molecule has 1 rings (SSSR count). The number of nitriles is 1. The topological polar surface area (TPSA) is 35.8 Å². The predicted octanol–water partition coefficient (Wildman–Crippen LogP) is 2.30. The molecule has 0 radical (unpaired) electrons. The minimum atomic E-state index is 0.617. The van der Waals surface area contributed by atoms with Crippen LogP contribution in [0.25, 0.3) is 0 Å². The van der Waals surface area contributed by atoms with Crippen molar-refractivity contribution in [2.45, 2.75) is 13.8 Å². The zero-order valence-electron chi connectivity index (χ0n) is 8.39. The first-order valence-corrected chi connectivity index (χ1v) is 4.42. The Labute approximate surface area is 84.6 Å². The van der Waals surface area contributed by atoms with Gasteiger partial charge in [0.15, 0.2) is 0 Å². The van der Waals surface area contributed by atoms with Gasteiger partial charge in [-0.25, -0.2) is 0 Å². The molecule has 2 nitrogen and oxygen atoms in total. The Morgan fingerprint density at radius 3 is 2.86 bits per heavy atom. The highest BCUT2D eigenvalue weighted by Crippen LogP contribution is 2.17. The number of rotatable bonds is 2. The molecule has 0 saturated heterocycles. The lowest BCUT2D eigenvalue weighted by atomic mass is 10.1. The highest BCUT2D eigenvalue weighted by Gasteiger charge is 2.00. The van der Waals surface area contributed by atoms with Crippen LogP contribution >= 0.6 is 0 Å². The lowest BCUT2D eigenvalue weighted by Crippen LogP contribution is -2.01. The predicted molar refractivity (Wildman–Crippen MR) is 57.8 cm³/mol. The van der Waals surface area contributed by atoms with E-state index in [1.165, 1.54) is 0 Å². The minimum Gasteiger partial charge on any atom is -0.374 e. The summed E-state index contributed by atoms with van der Waals surface area (Å²) in [6, 6.07) is 7.78. The van der Waals surface area contributed by atoms with Crippen molar-refractivity contribution in [2.24, 2.45) is 0 Å². The van der Waals surface area contributed by atoms with Gasteiger partial charge in [-0.2, -0.15) is 5.26 Å². The quantitative estimate of drug-likeness (QED) is 0.716. The smallest absolute Gasteiger partial charge is 0.0995 e. The van der Waals surface area contributed by atoms with Gasteiger partial charge in [0.05, 0.1) is 18.2 Å². The Kier molecular flexibility index (Phi) is 3.58. The van der Waals surface area contributed by atoms with Gasteiger partial charge in [0.25, 0.3) is 0 Å². The Morgan fingerprint density at radius 1 is 1.43 bits per heavy atom. The number of nitrogens with one attached hydrogen (secondary N) is 1. The van der Waals surface area contributed by atoms with E-state index >= 15 is 0 Å². The van der Waals surface area contributed by atoms with Gasteiger partial charge in [-0.15, -0.1) is 5.92 Å². The molecule has 0 atom stereocenters. The number of anilines is 1. The average molecular weight is 184 g/mol. The molecule has 0 amide bonds. The van der Waals surface area contributed by atoms with Crippen LogP contribution in [0.15, 0.2) is 18.2 Å². The summed E-state index contributed by atoms with van der Waals surface area (Å²) in [5, 5.41) is 12.0. The van der Waals surface area contributed by atoms with Gasteiger partial charge in [0, 0.05) is 5.69 Å². The third kappa shape index (κ3) is 2.28. The van der Waals surface area contributed by atoms with Crippen molar-refractivity contribution in [2.75, 3.05) is 11.9 Å². The van der Waals surface area contributed by atoms with Crippen molar-refractivity contribution in [1.29, 1.82) is 5.26 Å². The summed E-state index contributed by atoms with van der Waals surface area (Å²) in [5.74, 6) is 5.73. The van der Waals surface area contributed by atoms with Crippen molar-refractivity contribution >= 4 is 5.69 Å². The molecule has 1 N–H and O–H groups in total. The van der Waals surface area contributed by atoms with Gasteiger partial charge in [0.1, 0.15) is 0 Å². The molecule has 1 aromatic rings. The molecule has 2 heteroatoms. The van der Waals surface area contributed by atoms with Crippen LogP contribution in [0.5, 0.6) is 0 Å². The van der Waals surface area contributed by atoms with E-state index in [9.17, 15) is 0 Å². The minimum absolute atomic E-state index is 0.617. The first-order chi connectivity index (χ1) is 6.79. The van der Waals surface area contributed by atoms with E-state index in [4.69, 9.17) is 5.26 Å². The molecule has 0 unspecified atom stereocenters. The fourth-order valence-corrected chi connectivity index (χ4v) is 1.18. The molecule has 70 valence electrons. The average Bonchev–Trinajstić information content (AvgIpc) is 2.21. The van der Waals surface area contributed by atoms with Crippen molar-refractivity contribution in [3.05, 3.63) is 29.3 Å². The van der Waals surface area contributed by atoms with Crippen molar-refractivity contribution in [1.82, 2.24) is 0 Å². The highest BCUT2D eigenvalue weighted by atomic mass is 14.9. The van der Waals surface area contributed by atoms with E-state index in [0.29, 0.717) is 12.1 Å². The molecule has 0 saturated carbocycles. The summed E-state index contributed by atoms with van der Waals surface area (Å²) < 4.78 is 0. The van der Waals surface area contributed by atoms with Gasteiger partial charge in [0.2, 0.25) is 0 Å². The van der Waals surface area contributed by atoms with Gasteiger partial charge in [-0.1, -0.05) is 12.0 Å². The summed E-state index contributed by atoms with van der Waals surface area (Å²) in [5.41, 5.74) is 2.67. The zero-order chi connectivity index (χ0) is 10.4. The summed E-state index contributed by atoms with van der Waals surface area (Å²) in [6.45, 7) is 4.35. The summed E-state index contributed by atoms with van der Waals surface area (Å²) >= 11 is 0. The van der Waals surface area contributed by atoms with Gasteiger partial charge in [-0.05, 0) is 31.5 Å². The van der Waals surface area contributed by atoms with E-state index < -0.39 is 0 Å². The number of hydrogen-bond acceptors (Lipinski definition) is 2. The van der Waals surface area contributed by atoms with Crippen molar-refractivity contribution < 1.29 is 0 Å². The molecule has 0 aliphatic carbocycles. The maximum Gasteiger partial charge on any atom is 0.0995 e. The van der Waals surface area contributed by atoms with Gasteiger partial charge in [-0.3, -0.25) is 0 Å². The SMILES string of the molecule is CC#CCNc1cccc(C#N)c1C. The fourth-order valence-electron chi connectivity index (χ4n) is 1.18. The summed E-state index contributed by atoms with van der Waals surface area (Å²) in [4.78, 5) is 0. The second-order valence-electron chi connectivity index (χ2n) is 2.87. The van der Waals surface area contributed by atoms with E-state index in [-0.39, 0.29) is 0 Å². The molecule has 0 spiro atoms. The molecule has 0 fully saturated rings. The third-order valence-electron chi connectivity index (χ3n) is 2.00. The maximum atomic E-state index is 8.81. The first-order valence-electron chi connectivity index (χ1n) is 4.42. The number of nitrogens with zero attached hydrogens (tertiary/aromatic N) is 1. The largest absolute Gasteiger partial charge is 0.374 e. The lowest BCUT2D eigenvalue weighted by Gasteiger charge is -2.07. The van der Waals surface area contributed by atoms with Crippen LogP contribution < -0.4 is 5.32 Å². The molecule has 0 aliphatic heterocycles. The Morgan fingerprint density at radius 2 is 2.21 bits per heavy atom. The van der Waals surface area contributed by atoms with Crippen LogP contribution in [0.2, 0.25) is 0 Å². The molecule has 0 heterocycles. The Bertz CT molecular complexity index is 416. The fraction of sp³-hybridized carbons (Fsp3) is 0.250. The van der Waals surface area contributed by atoms with Crippen LogP contribution in [0.4, 0.5) is 5.69 Å². The standard InChI is InChI=1S/C12H12N2/c1-3-4-8-14-12-7-5-6-11(9-13)10(12)2/h5-7,14H,8H2,1-2H3. The van der Waals surface area contributed by atoms with Crippen LogP contribution in [0, 0.1) is 30.1 Å². The summed E-state index contributed by atoms with van der Waals surface area (Å²) in [7, 11) is 0. The first kappa shape index (κ1) is 10.2. The van der Waals surface area contributed by atoms with Crippen molar-refractivity contribution in [3.8, 4) is 17.9 Å². The number of benzene rings is 1. The molecule has 0 aromatic heterocycles. The molecular weight excluding hydrogens is 172 g/mol. The van der Waals surface area contributed by atoms with E-state index in [1.54, 1.807) is 6.92 Å². The molecule has 0 bridgehead atoms. The normalized spacial score (nSPS) is 8.36. The zero-order valence-corrected chi connectivity index (χ0v) is 8.39. The molecule has 0 aliphatic rings. The second kappa shape index (κ2) is 4.94. The second-order valence-corrected chi connectivity index (χ2v) is 2.87. The van der Waals surface area contributed by atoms with E-state index in [2.05, 4.69) is 23.2 Å². The van der Waals surface area contributed by atoms with Crippen LogP contribution in [0.1, 0.15) is 18.1 Å². The maximum absolute atomic E-state index is 8.81. The molecule has 14 heavy (non-hydrogen) atoms. The third-order valence-corrected chi connectivity index (χ3v) is 2.00. The lowest BCUT2D eigenvalue weighted by molar-refractivity contribution is 1.31. The molecular formula is C12H12N2. The van der Waals surface area contributed by atoms with Crippen molar-refractivity contribution in [3.63, 3.8) is 0 Å². The monoisotopic (exact) mass is 184 g/mol. The van der Waals surface area contributed by atoms with Crippen LogP contribution in [-0.4, -0.2) is 6.54 Å². The summed E-state index contributed by atoms with van der Waals surface area (Å²) in [6.07, 6.45) is 0. The van der Waals surface area contributed by atoms with E-state index in [1.807, 2.05) is 25.1 Å². The van der Waals surface area contributed by atoms with Gasteiger partial charge >= 0.3 is 0 Å². The van der Waals surface area contributed by atoms with Crippen LogP contribution in [0.3, 0.4) is 0 Å².